The summed E-state index contributed by atoms with van der Waals surface area (Å²) in [6.07, 6.45) is 0. The molecule has 0 spiro atoms. The number of esters is 1. The second-order valence-corrected chi connectivity index (χ2v) is 7.13. The van der Waals surface area contributed by atoms with Gasteiger partial charge in [0.25, 0.3) is 11.9 Å². The molecule has 9 heteroatoms. The van der Waals surface area contributed by atoms with Crippen LogP contribution in [0.5, 0.6) is 6.01 Å². The molecule has 9 nitrogen and oxygen atoms in total. The average Bonchev–Trinajstić information content (AvgIpc) is 3.21. The number of ether oxygens (including phenoxy) is 2. The number of para-hydroxylation sites is 1. The first-order valence-electron chi connectivity index (χ1n) is 10.00. The van der Waals surface area contributed by atoms with Crippen molar-refractivity contribution in [1.29, 1.82) is 0 Å². The lowest BCUT2D eigenvalue weighted by atomic mass is 9.97. The van der Waals surface area contributed by atoms with Crippen molar-refractivity contribution in [3.8, 4) is 17.1 Å². The highest BCUT2D eigenvalue weighted by Crippen LogP contribution is 2.29. The predicted molar refractivity (Wildman–Crippen MR) is 122 cm³/mol. The van der Waals surface area contributed by atoms with Gasteiger partial charge in [0.15, 0.2) is 0 Å². The number of benzene rings is 3. The molecule has 0 unspecified atom stereocenters. The maximum absolute atomic E-state index is 12.6. The Balaban J connectivity index is 1.84. The monoisotopic (exact) mass is 444 g/mol. The number of hydrogen-bond acceptors (Lipinski definition) is 7. The number of amides is 1. The topological polar surface area (TPSA) is 112 Å². The van der Waals surface area contributed by atoms with Crippen LogP contribution in [0, 0.1) is 4.91 Å². The number of rotatable bonds is 7. The zero-order chi connectivity index (χ0) is 23.4. The molecule has 0 aliphatic carbocycles. The fourth-order valence-electron chi connectivity index (χ4n) is 3.77. The van der Waals surface area contributed by atoms with E-state index in [4.69, 9.17) is 9.47 Å². The van der Waals surface area contributed by atoms with Gasteiger partial charge in [-0.2, -0.15) is 4.98 Å². The van der Waals surface area contributed by atoms with E-state index in [1.54, 1.807) is 34.9 Å². The molecular weight excluding hydrogens is 424 g/mol. The Morgan fingerprint density at radius 2 is 1.79 bits per heavy atom. The van der Waals surface area contributed by atoms with Gasteiger partial charge < -0.3 is 9.47 Å². The van der Waals surface area contributed by atoms with Gasteiger partial charge in [-0.25, -0.2) is 10.2 Å². The molecule has 4 rings (SSSR count). The number of aromatic nitrogens is 2. The average molecular weight is 444 g/mol. The van der Waals surface area contributed by atoms with Crippen molar-refractivity contribution in [2.75, 3.05) is 14.2 Å². The normalized spacial score (nSPS) is 10.6. The maximum atomic E-state index is 12.6. The minimum atomic E-state index is -0.622. The number of carbonyl (C=O) groups is 2. The van der Waals surface area contributed by atoms with Gasteiger partial charge in [-0.3, -0.25) is 9.36 Å². The molecule has 166 valence electrons. The van der Waals surface area contributed by atoms with Crippen molar-refractivity contribution in [1.82, 2.24) is 15.0 Å². The number of nitrogens with zero attached hydrogens (tertiary/aromatic N) is 3. The van der Waals surface area contributed by atoms with Gasteiger partial charge in [0.1, 0.15) is 0 Å². The first-order chi connectivity index (χ1) is 16.1. The van der Waals surface area contributed by atoms with Gasteiger partial charge >= 0.3 is 5.97 Å². The zero-order valence-corrected chi connectivity index (χ0v) is 17.9. The molecule has 1 amide bonds. The summed E-state index contributed by atoms with van der Waals surface area (Å²) in [5.41, 5.74) is 5.91. The van der Waals surface area contributed by atoms with Crippen LogP contribution in [0.1, 0.15) is 26.3 Å². The van der Waals surface area contributed by atoms with Gasteiger partial charge in [0.2, 0.25) is 0 Å². The van der Waals surface area contributed by atoms with Crippen LogP contribution in [0.2, 0.25) is 0 Å². The Bertz CT molecular complexity index is 1350. The lowest BCUT2D eigenvalue weighted by molar-refractivity contribution is 0.0602. The van der Waals surface area contributed by atoms with E-state index in [0.717, 1.165) is 11.1 Å². The standard InChI is InChI=1S/C24H20N4O5/c1-32-23(30)18-9-6-10-20-21(18)28(24(25-20)33-2)14-15-11-12-17(16-7-4-3-5-8-16)19(13-15)22(29)26-27-31/h3-13H,14H2,1-2H3,(H,26,29,31). The number of fused-ring (bicyclic) bond motifs is 1. The van der Waals surface area contributed by atoms with Crippen LogP contribution in [-0.4, -0.2) is 35.6 Å². The van der Waals surface area contributed by atoms with E-state index in [9.17, 15) is 14.5 Å². The summed E-state index contributed by atoms with van der Waals surface area (Å²) < 4.78 is 12.1. The SMILES string of the molecule is COC(=O)c1cccc2nc(OC)n(Cc3ccc(-c4ccccc4)c(C(=O)NN=O)c3)c12. The smallest absolute Gasteiger partial charge is 0.340 e. The molecule has 0 aliphatic heterocycles. The fourth-order valence-corrected chi connectivity index (χ4v) is 3.77. The van der Waals surface area contributed by atoms with E-state index in [2.05, 4.69) is 10.3 Å². The Morgan fingerprint density at radius 1 is 1.00 bits per heavy atom. The van der Waals surface area contributed by atoms with E-state index in [-0.39, 0.29) is 12.1 Å². The highest BCUT2D eigenvalue weighted by Gasteiger charge is 2.20. The molecule has 0 saturated carbocycles. The van der Waals surface area contributed by atoms with Gasteiger partial charge in [-0.1, -0.05) is 48.5 Å². The second kappa shape index (κ2) is 9.31. The third-order valence-electron chi connectivity index (χ3n) is 5.22. The van der Waals surface area contributed by atoms with Gasteiger partial charge in [0.05, 0.1) is 42.6 Å². The Labute approximate surface area is 188 Å². The molecule has 0 fully saturated rings. The minimum Gasteiger partial charge on any atom is -0.468 e. The summed E-state index contributed by atoms with van der Waals surface area (Å²) in [5, 5.41) is 2.52. The molecule has 1 heterocycles. The first kappa shape index (κ1) is 21.7. The third kappa shape index (κ3) is 4.16. The number of carbonyl (C=O) groups excluding carboxylic acids is 2. The van der Waals surface area contributed by atoms with Gasteiger partial charge in [-0.05, 0) is 34.9 Å². The van der Waals surface area contributed by atoms with Crippen LogP contribution in [-0.2, 0) is 11.3 Å². The van der Waals surface area contributed by atoms with E-state index < -0.39 is 11.9 Å². The molecule has 0 saturated heterocycles. The molecule has 0 radical (unpaired) electrons. The van der Waals surface area contributed by atoms with Gasteiger partial charge in [0, 0.05) is 5.56 Å². The third-order valence-corrected chi connectivity index (χ3v) is 5.22. The largest absolute Gasteiger partial charge is 0.468 e. The molecule has 0 atom stereocenters. The quantitative estimate of drug-likeness (QED) is 0.262. The molecule has 0 bridgehead atoms. The van der Waals surface area contributed by atoms with Crippen LogP contribution in [0.3, 0.4) is 0 Å². The second-order valence-electron chi connectivity index (χ2n) is 7.13. The van der Waals surface area contributed by atoms with E-state index >= 15 is 0 Å². The molecule has 4 aromatic rings. The lowest BCUT2D eigenvalue weighted by Crippen LogP contribution is -2.18. The van der Waals surface area contributed by atoms with Crippen molar-refractivity contribution in [3.05, 3.63) is 88.3 Å². The Kier molecular flexibility index (Phi) is 6.12. The highest BCUT2D eigenvalue weighted by molar-refractivity contribution is 6.03. The molecular formula is C24H20N4O5. The summed E-state index contributed by atoms with van der Waals surface area (Å²) >= 11 is 0. The lowest BCUT2D eigenvalue weighted by Gasteiger charge is -2.13. The van der Waals surface area contributed by atoms with Crippen molar-refractivity contribution in [2.24, 2.45) is 5.29 Å². The highest BCUT2D eigenvalue weighted by atomic mass is 16.5. The summed E-state index contributed by atoms with van der Waals surface area (Å²) in [4.78, 5) is 40.1. The first-order valence-corrected chi connectivity index (χ1v) is 10.00. The maximum Gasteiger partial charge on any atom is 0.340 e. The number of nitroso groups, excluding NO2 is 1. The zero-order valence-electron chi connectivity index (χ0n) is 17.9. The van der Waals surface area contributed by atoms with Crippen molar-refractivity contribution < 1.29 is 19.1 Å². The number of methoxy groups -OCH3 is 2. The van der Waals surface area contributed by atoms with E-state index in [1.807, 2.05) is 41.8 Å². The number of nitrogens with one attached hydrogen (secondary N) is 1. The van der Waals surface area contributed by atoms with Crippen LogP contribution in [0.25, 0.3) is 22.2 Å². The summed E-state index contributed by atoms with van der Waals surface area (Å²) in [5.74, 6) is -1.12. The number of imidazole rings is 1. The Morgan fingerprint density at radius 3 is 2.48 bits per heavy atom. The number of hydrogen-bond donors (Lipinski definition) is 1. The minimum absolute atomic E-state index is 0.248. The van der Waals surface area contributed by atoms with E-state index in [0.29, 0.717) is 28.2 Å². The van der Waals surface area contributed by atoms with Crippen molar-refractivity contribution in [3.63, 3.8) is 0 Å². The fraction of sp³-hybridized carbons (Fsp3) is 0.125. The molecule has 33 heavy (non-hydrogen) atoms. The molecule has 1 aromatic heterocycles. The summed E-state index contributed by atoms with van der Waals surface area (Å²) in [6.45, 7) is 0.248. The molecule has 1 N–H and O–H groups in total. The summed E-state index contributed by atoms with van der Waals surface area (Å²) in [7, 11) is 2.80. The predicted octanol–water partition coefficient (Wildman–Crippen LogP) is 3.96. The van der Waals surface area contributed by atoms with Crippen LogP contribution in [0.15, 0.2) is 72.0 Å². The molecule has 0 aliphatic rings. The van der Waals surface area contributed by atoms with Gasteiger partial charge in [-0.15, -0.1) is 4.91 Å². The van der Waals surface area contributed by atoms with Crippen LogP contribution >= 0.6 is 0 Å². The van der Waals surface area contributed by atoms with Crippen molar-refractivity contribution in [2.45, 2.75) is 6.54 Å². The summed E-state index contributed by atoms with van der Waals surface area (Å²) in [6, 6.07) is 20.1. The Hall–Kier alpha value is -4.53. The van der Waals surface area contributed by atoms with Crippen LogP contribution < -0.4 is 10.2 Å². The molecule has 3 aromatic carbocycles. The van der Waals surface area contributed by atoms with E-state index in [1.165, 1.54) is 14.2 Å². The van der Waals surface area contributed by atoms with Crippen LogP contribution in [0.4, 0.5) is 0 Å². The van der Waals surface area contributed by atoms with Crippen molar-refractivity contribution >= 4 is 22.9 Å².